The smallest absolute Gasteiger partial charge is 0.254 e. The highest BCUT2D eigenvalue weighted by Crippen LogP contribution is 2.21. The van der Waals surface area contributed by atoms with Crippen LogP contribution in [0.5, 0.6) is 0 Å². The average Bonchev–Trinajstić information content (AvgIpc) is 2.61. The zero-order valence-corrected chi connectivity index (χ0v) is 14.8. The fourth-order valence-corrected chi connectivity index (χ4v) is 3.37. The Morgan fingerprint density at radius 1 is 1.17 bits per heavy atom. The molecule has 3 rings (SSSR count). The number of nitrogens with one attached hydrogen (secondary N) is 1. The monoisotopic (exact) mass is 322 g/mol. The minimum Gasteiger partial charge on any atom is -0.335 e. The molecule has 0 radical (unpaired) electrons. The largest absolute Gasteiger partial charge is 0.335 e. The molecule has 1 N–H and O–H groups in total. The summed E-state index contributed by atoms with van der Waals surface area (Å²) < 4.78 is 0. The van der Waals surface area contributed by atoms with E-state index in [4.69, 9.17) is 0 Å². The minimum absolute atomic E-state index is 0.143. The lowest BCUT2D eigenvalue weighted by molar-refractivity contribution is 0.0702. The van der Waals surface area contributed by atoms with Gasteiger partial charge in [-0.3, -0.25) is 4.79 Å². The van der Waals surface area contributed by atoms with Crippen LogP contribution in [0.1, 0.15) is 45.6 Å². The van der Waals surface area contributed by atoms with Crippen molar-refractivity contribution in [2.75, 3.05) is 19.6 Å². The quantitative estimate of drug-likeness (QED) is 0.935. The first-order valence-corrected chi connectivity index (χ1v) is 8.77. The molecule has 3 heteroatoms. The molecule has 0 saturated carbocycles. The van der Waals surface area contributed by atoms with E-state index in [1.165, 1.54) is 16.7 Å². The number of piperazine rings is 1. The first kappa shape index (κ1) is 16.7. The molecule has 1 fully saturated rings. The van der Waals surface area contributed by atoms with Crippen molar-refractivity contribution in [1.29, 1.82) is 0 Å². The van der Waals surface area contributed by atoms with E-state index in [0.29, 0.717) is 0 Å². The summed E-state index contributed by atoms with van der Waals surface area (Å²) in [6.07, 6.45) is 1.05. The van der Waals surface area contributed by atoms with Gasteiger partial charge in [-0.2, -0.15) is 0 Å². The van der Waals surface area contributed by atoms with E-state index in [1.54, 1.807) is 0 Å². The number of hydrogen-bond donors (Lipinski definition) is 1. The molecular formula is C21H26N2O. The summed E-state index contributed by atoms with van der Waals surface area (Å²) in [7, 11) is 0. The molecule has 1 amide bonds. The molecule has 0 spiro atoms. The summed E-state index contributed by atoms with van der Waals surface area (Å²) >= 11 is 0. The van der Waals surface area contributed by atoms with Crippen LogP contribution in [-0.4, -0.2) is 30.4 Å². The molecule has 1 saturated heterocycles. The van der Waals surface area contributed by atoms with Gasteiger partial charge < -0.3 is 10.2 Å². The van der Waals surface area contributed by atoms with E-state index in [2.05, 4.69) is 49.5 Å². The summed E-state index contributed by atoms with van der Waals surface area (Å²) in [6, 6.07) is 15.0. The van der Waals surface area contributed by atoms with Crippen LogP contribution in [0.15, 0.2) is 42.5 Å². The van der Waals surface area contributed by atoms with Gasteiger partial charge in [0.15, 0.2) is 0 Å². The Morgan fingerprint density at radius 2 is 1.92 bits per heavy atom. The Balaban J connectivity index is 1.75. The number of hydrogen-bond acceptors (Lipinski definition) is 2. The standard InChI is InChI=1S/C21H26N2O/c1-4-17-6-8-18(9-7-17)20-14-23(12-11-22-20)21(24)19-10-5-15(2)13-16(19)3/h5-10,13,20,22H,4,11-12,14H2,1-3H3. The van der Waals surface area contributed by atoms with Gasteiger partial charge in [0, 0.05) is 31.2 Å². The minimum atomic E-state index is 0.143. The third-order valence-electron chi connectivity index (χ3n) is 4.87. The lowest BCUT2D eigenvalue weighted by Gasteiger charge is -2.34. The summed E-state index contributed by atoms with van der Waals surface area (Å²) in [6.45, 7) is 8.55. The zero-order valence-electron chi connectivity index (χ0n) is 14.8. The topological polar surface area (TPSA) is 32.3 Å². The van der Waals surface area contributed by atoms with Crippen LogP contribution in [0.25, 0.3) is 0 Å². The Morgan fingerprint density at radius 3 is 2.58 bits per heavy atom. The second-order valence-electron chi connectivity index (χ2n) is 6.67. The highest BCUT2D eigenvalue weighted by Gasteiger charge is 2.25. The molecule has 1 heterocycles. The molecular weight excluding hydrogens is 296 g/mol. The second-order valence-corrected chi connectivity index (χ2v) is 6.67. The van der Waals surface area contributed by atoms with E-state index < -0.39 is 0 Å². The molecule has 2 aromatic carbocycles. The van der Waals surface area contributed by atoms with Crippen molar-refractivity contribution in [2.24, 2.45) is 0 Å². The van der Waals surface area contributed by atoms with Gasteiger partial charge in [-0.15, -0.1) is 0 Å². The van der Waals surface area contributed by atoms with Gasteiger partial charge in [0.2, 0.25) is 0 Å². The number of carbonyl (C=O) groups excluding carboxylic acids is 1. The molecule has 3 nitrogen and oxygen atoms in total. The van der Waals surface area contributed by atoms with Crippen molar-refractivity contribution < 1.29 is 4.79 Å². The van der Waals surface area contributed by atoms with E-state index in [0.717, 1.165) is 37.2 Å². The van der Waals surface area contributed by atoms with Crippen LogP contribution in [0, 0.1) is 13.8 Å². The van der Waals surface area contributed by atoms with Gasteiger partial charge in [0.25, 0.3) is 5.91 Å². The van der Waals surface area contributed by atoms with Crippen LogP contribution >= 0.6 is 0 Å². The summed E-state index contributed by atoms with van der Waals surface area (Å²) in [5.41, 5.74) is 5.67. The van der Waals surface area contributed by atoms with Crippen LogP contribution in [0.2, 0.25) is 0 Å². The van der Waals surface area contributed by atoms with Crippen LogP contribution in [0.3, 0.4) is 0 Å². The van der Waals surface area contributed by atoms with Crippen molar-refractivity contribution in [3.8, 4) is 0 Å². The van der Waals surface area contributed by atoms with Crippen LogP contribution in [0.4, 0.5) is 0 Å². The predicted octanol–water partition coefficient (Wildman–Crippen LogP) is 3.65. The van der Waals surface area contributed by atoms with E-state index >= 15 is 0 Å². The first-order valence-electron chi connectivity index (χ1n) is 8.77. The van der Waals surface area contributed by atoms with E-state index in [1.807, 2.05) is 24.0 Å². The van der Waals surface area contributed by atoms with Gasteiger partial charge >= 0.3 is 0 Å². The summed E-state index contributed by atoms with van der Waals surface area (Å²) in [5, 5.41) is 3.54. The molecule has 1 aliphatic heterocycles. The van der Waals surface area contributed by atoms with Crippen molar-refractivity contribution >= 4 is 5.91 Å². The molecule has 24 heavy (non-hydrogen) atoms. The summed E-state index contributed by atoms with van der Waals surface area (Å²) in [4.78, 5) is 14.9. The van der Waals surface area contributed by atoms with E-state index in [9.17, 15) is 4.79 Å². The highest BCUT2D eigenvalue weighted by atomic mass is 16.2. The Labute approximate surface area is 144 Å². The number of nitrogens with zero attached hydrogens (tertiary/aromatic N) is 1. The number of carbonyl (C=O) groups is 1. The lowest BCUT2D eigenvalue weighted by atomic mass is 10.0. The highest BCUT2D eigenvalue weighted by molar-refractivity contribution is 5.95. The normalized spacial score (nSPS) is 17.8. The molecule has 126 valence electrons. The number of rotatable bonds is 3. The van der Waals surface area contributed by atoms with Crippen molar-refractivity contribution in [1.82, 2.24) is 10.2 Å². The third kappa shape index (κ3) is 3.51. The van der Waals surface area contributed by atoms with Gasteiger partial charge in [0.05, 0.1) is 0 Å². The Kier molecular flexibility index (Phi) is 5.00. The molecule has 0 bridgehead atoms. The lowest BCUT2D eigenvalue weighted by Crippen LogP contribution is -2.48. The maximum absolute atomic E-state index is 12.9. The SMILES string of the molecule is CCc1ccc(C2CN(C(=O)c3ccc(C)cc3C)CCN2)cc1. The van der Waals surface area contributed by atoms with Crippen molar-refractivity contribution in [3.63, 3.8) is 0 Å². The fourth-order valence-electron chi connectivity index (χ4n) is 3.37. The second kappa shape index (κ2) is 7.18. The zero-order chi connectivity index (χ0) is 17.1. The molecule has 1 atom stereocenters. The molecule has 0 aliphatic carbocycles. The molecule has 1 aliphatic rings. The average molecular weight is 322 g/mol. The summed E-state index contributed by atoms with van der Waals surface area (Å²) in [5.74, 6) is 0.143. The molecule has 0 aromatic heterocycles. The number of amides is 1. The predicted molar refractivity (Wildman–Crippen MR) is 98.4 cm³/mol. The molecule has 1 unspecified atom stereocenters. The van der Waals surface area contributed by atoms with E-state index in [-0.39, 0.29) is 11.9 Å². The maximum atomic E-state index is 12.9. The van der Waals surface area contributed by atoms with Crippen molar-refractivity contribution in [3.05, 3.63) is 70.3 Å². The first-order chi connectivity index (χ1) is 11.6. The van der Waals surface area contributed by atoms with Crippen molar-refractivity contribution in [2.45, 2.75) is 33.2 Å². The molecule has 2 aromatic rings. The third-order valence-corrected chi connectivity index (χ3v) is 4.87. The maximum Gasteiger partial charge on any atom is 0.254 e. The fraction of sp³-hybridized carbons (Fsp3) is 0.381. The number of benzene rings is 2. The van der Waals surface area contributed by atoms with Gasteiger partial charge in [-0.05, 0) is 43.0 Å². The Hall–Kier alpha value is -2.13. The van der Waals surface area contributed by atoms with Crippen LogP contribution < -0.4 is 5.32 Å². The van der Waals surface area contributed by atoms with Gasteiger partial charge in [-0.1, -0.05) is 48.9 Å². The Bertz CT molecular complexity index is 721. The van der Waals surface area contributed by atoms with Gasteiger partial charge in [0.1, 0.15) is 0 Å². The number of aryl methyl sites for hydroxylation is 3. The van der Waals surface area contributed by atoms with Gasteiger partial charge in [-0.25, -0.2) is 0 Å². The van der Waals surface area contributed by atoms with Crippen LogP contribution in [-0.2, 0) is 6.42 Å².